The smallest absolute Gasteiger partial charge is 0.330 e. The van der Waals surface area contributed by atoms with Crippen LogP contribution in [0.15, 0.2) is 72.8 Å². The second-order valence-electron chi connectivity index (χ2n) is 10.3. The quantitative estimate of drug-likeness (QED) is 0.0418. The summed E-state index contributed by atoms with van der Waals surface area (Å²) in [6, 6.07) is 21.2. The maximum atomic E-state index is 14.2. The van der Waals surface area contributed by atoms with Crippen molar-refractivity contribution in [3.8, 4) is 16.9 Å². The van der Waals surface area contributed by atoms with Gasteiger partial charge in [-0.1, -0.05) is 81.6 Å². The van der Waals surface area contributed by atoms with Crippen LogP contribution >= 0.6 is 7.60 Å². The Kier molecular flexibility index (Phi) is 10.5. The maximum Gasteiger partial charge on any atom is 0.330 e. The lowest BCUT2D eigenvalue weighted by Crippen LogP contribution is -2.39. The Balaban J connectivity index is 1.60. The third-order valence-corrected chi connectivity index (χ3v) is 9.49. The number of fused-ring (bicyclic) bond motifs is 3. The lowest BCUT2D eigenvalue weighted by molar-refractivity contribution is -0.384. The van der Waals surface area contributed by atoms with Crippen molar-refractivity contribution in [2.24, 2.45) is 0 Å². The molecule has 1 aliphatic rings. The van der Waals surface area contributed by atoms with E-state index in [9.17, 15) is 19.5 Å². The Hall–Kier alpha value is -3.32. The van der Waals surface area contributed by atoms with E-state index in [0.717, 1.165) is 47.9 Å². The van der Waals surface area contributed by atoms with Gasteiger partial charge in [0.15, 0.2) is 0 Å². The summed E-state index contributed by atoms with van der Waals surface area (Å²) in [5, 5.41) is 11.1. The highest BCUT2D eigenvalue weighted by molar-refractivity contribution is 7.53. The van der Waals surface area contributed by atoms with E-state index in [1.54, 1.807) is 0 Å². The predicted octanol–water partition coefficient (Wildman–Crippen LogP) is 8.46. The Morgan fingerprint density at radius 2 is 1.34 bits per heavy atom. The molecule has 0 unspecified atom stereocenters. The van der Waals surface area contributed by atoms with Crippen LogP contribution in [0.4, 0.5) is 5.69 Å². The lowest BCUT2D eigenvalue weighted by Gasteiger charge is -2.30. The van der Waals surface area contributed by atoms with Gasteiger partial charge in [-0.05, 0) is 60.1 Å². The Bertz CT molecular complexity index is 1330. The zero-order valence-corrected chi connectivity index (χ0v) is 24.6. The second-order valence-corrected chi connectivity index (χ2v) is 12.5. The molecule has 41 heavy (non-hydrogen) atoms. The van der Waals surface area contributed by atoms with Crippen molar-refractivity contribution in [2.45, 2.75) is 64.2 Å². The Morgan fingerprint density at radius 1 is 0.805 bits per heavy atom. The van der Waals surface area contributed by atoms with E-state index in [-0.39, 0.29) is 17.6 Å². The first-order valence-corrected chi connectivity index (χ1v) is 16.1. The van der Waals surface area contributed by atoms with Crippen LogP contribution in [-0.2, 0) is 23.8 Å². The SMILES string of the molecule is CCCCOP(=O)(CCCCC1(C(=O)Oc2ccc([N+](=O)[O-])cc2)c2ccccc2-c2ccccc21)OCCCC. The third-order valence-electron chi connectivity index (χ3n) is 7.48. The van der Waals surface area contributed by atoms with E-state index in [1.807, 2.05) is 48.5 Å². The van der Waals surface area contributed by atoms with E-state index in [4.69, 9.17) is 13.8 Å². The van der Waals surface area contributed by atoms with E-state index in [0.29, 0.717) is 32.5 Å². The molecular formula is C32H38NO7P. The fourth-order valence-corrected chi connectivity index (χ4v) is 7.06. The third kappa shape index (κ3) is 6.95. The first-order chi connectivity index (χ1) is 19.8. The number of carbonyl (C=O) groups is 1. The summed E-state index contributed by atoms with van der Waals surface area (Å²) in [6.07, 6.45) is 5.33. The summed E-state index contributed by atoms with van der Waals surface area (Å²) in [5.74, 6) is -0.217. The number of hydrogen-bond donors (Lipinski definition) is 0. The minimum atomic E-state index is -3.26. The summed E-state index contributed by atoms with van der Waals surface area (Å²) >= 11 is 0. The summed E-state index contributed by atoms with van der Waals surface area (Å²) in [6.45, 7) is 4.90. The molecule has 4 rings (SSSR count). The average Bonchev–Trinajstić information content (AvgIpc) is 3.27. The molecule has 0 fully saturated rings. The minimum Gasteiger partial charge on any atom is -0.426 e. The number of esters is 1. The molecule has 218 valence electrons. The standard InChI is InChI=1S/C32H38NO7P/c1-3-5-22-38-41(37,39-23-6-4-2)24-12-11-21-32(31(34)40-26-19-17-25(18-20-26)33(35)36)29-15-9-7-13-27(29)28-14-8-10-16-30(28)32/h7-10,13-20H,3-6,11-12,21-24H2,1-2H3. The molecule has 0 amide bonds. The van der Waals surface area contributed by atoms with Gasteiger partial charge in [-0.25, -0.2) is 0 Å². The Labute approximate surface area is 241 Å². The molecule has 1 aliphatic carbocycles. The predicted molar refractivity (Wildman–Crippen MR) is 159 cm³/mol. The fourth-order valence-electron chi connectivity index (χ4n) is 5.30. The molecule has 3 aromatic carbocycles. The van der Waals surface area contributed by atoms with Crippen LogP contribution in [0.25, 0.3) is 11.1 Å². The number of non-ortho nitro benzene ring substituents is 1. The zero-order chi connectivity index (χ0) is 29.3. The number of rotatable bonds is 16. The van der Waals surface area contributed by atoms with Crippen LogP contribution < -0.4 is 4.74 Å². The van der Waals surface area contributed by atoms with Crippen LogP contribution in [0.1, 0.15) is 69.9 Å². The van der Waals surface area contributed by atoms with Gasteiger partial charge in [-0.2, -0.15) is 0 Å². The first-order valence-electron chi connectivity index (χ1n) is 14.4. The van der Waals surface area contributed by atoms with Crippen molar-refractivity contribution in [3.05, 3.63) is 94.0 Å². The van der Waals surface area contributed by atoms with Crippen molar-refractivity contribution in [3.63, 3.8) is 0 Å². The highest BCUT2D eigenvalue weighted by Gasteiger charge is 2.50. The van der Waals surface area contributed by atoms with Crippen molar-refractivity contribution < 1.29 is 28.1 Å². The number of ether oxygens (including phenoxy) is 1. The largest absolute Gasteiger partial charge is 0.426 e. The average molecular weight is 580 g/mol. The number of nitrogens with zero attached hydrogens (tertiary/aromatic N) is 1. The van der Waals surface area contributed by atoms with Gasteiger partial charge in [-0.15, -0.1) is 0 Å². The molecule has 9 heteroatoms. The van der Waals surface area contributed by atoms with Crippen molar-refractivity contribution in [2.75, 3.05) is 19.4 Å². The molecule has 8 nitrogen and oxygen atoms in total. The molecule has 0 bridgehead atoms. The van der Waals surface area contributed by atoms with Crippen LogP contribution in [0.2, 0.25) is 0 Å². The van der Waals surface area contributed by atoms with Gasteiger partial charge in [0.2, 0.25) is 0 Å². The molecule has 3 aromatic rings. The Morgan fingerprint density at radius 3 is 1.85 bits per heavy atom. The number of carbonyl (C=O) groups excluding carboxylic acids is 1. The summed E-state index contributed by atoms with van der Waals surface area (Å²) in [5.41, 5.74) is 2.48. The monoisotopic (exact) mass is 579 g/mol. The molecular weight excluding hydrogens is 541 g/mol. The topological polar surface area (TPSA) is 105 Å². The summed E-state index contributed by atoms with van der Waals surface area (Å²) < 4.78 is 31.0. The minimum absolute atomic E-state index is 0.0807. The van der Waals surface area contributed by atoms with Crippen LogP contribution in [-0.4, -0.2) is 30.3 Å². The number of benzene rings is 3. The van der Waals surface area contributed by atoms with Crippen LogP contribution in [0, 0.1) is 10.1 Å². The molecule has 0 saturated heterocycles. The molecule has 0 radical (unpaired) electrons. The molecule has 0 N–H and O–H groups in total. The molecule has 0 aliphatic heterocycles. The van der Waals surface area contributed by atoms with Gasteiger partial charge < -0.3 is 13.8 Å². The highest BCUT2D eigenvalue weighted by Crippen LogP contribution is 2.53. The highest BCUT2D eigenvalue weighted by atomic mass is 31.2. The molecule has 0 atom stereocenters. The molecule has 0 saturated carbocycles. The van der Waals surface area contributed by atoms with Gasteiger partial charge in [0, 0.05) is 12.1 Å². The van der Waals surface area contributed by atoms with Crippen molar-refractivity contribution in [1.82, 2.24) is 0 Å². The van der Waals surface area contributed by atoms with Gasteiger partial charge in [0.25, 0.3) is 5.69 Å². The number of unbranched alkanes of at least 4 members (excludes halogenated alkanes) is 3. The lowest BCUT2D eigenvalue weighted by atomic mass is 9.74. The van der Waals surface area contributed by atoms with E-state index >= 15 is 0 Å². The number of hydrogen-bond acceptors (Lipinski definition) is 7. The van der Waals surface area contributed by atoms with Gasteiger partial charge in [0.1, 0.15) is 11.2 Å². The first kappa shape index (κ1) is 30.6. The summed E-state index contributed by atoms with van der Waals surface area (Å²) in [4.78, 5) is 24.8. The molecule has 0 spiro atoms. The van der Waals surface area contributed by atoms with Crippen LogP contribution in [0.5, 0.6) is 5.75 Å². The van der Waals surface area contributed by atoms with Crippen LogP contribution in [0.3, 0.4) is 0 Å². The van der Waals surface area contributed by atoms with Gasteiger partial charge >= 0.3 is 13.6 Å². The van der Waals surface area contributed by atoms with E-state index in [1.165, 1.54) is 24.3 Å². The fraction of sp³-hybridized carbons (Fsp3) is 0.406. The van der Waals surface area contributed by atoms with Gasteiger partial charge in [0.05, 0.1) is 24.3 Å². The zero-order valence-electron chi connectivity index (χ0n) is 23.8. The normalized spacial score (nSPS) is 13.4. The summed E-state index contributed by atoms with van der Waals surface area (Å²) in [7, 11) is -3.26. The van der Waals surface area contributed by atoms with E-state index in [2.05, 4.69) is 13.8 Å². The van der Waals surface area contributed by atoms with E-state index < -0.39 is 23.9 Å². The molecule has 0 aromatic heterocycles. The second kappa shape index (κ2) is 14.0. The number of nitro groups is 1. The van der Waals surface area contributed by atoms with Crippen molar-refractivity contribution in [1.29, 1.82) is 0 Å². The van der Waals surface area contributed by atoms with Crippen molar-refractivity contribution >= 4 is 19.3 Å². The molecule has 0 heterocycles. The maximum absolute atomic E-state index is 14.2. The number of nitro benzene ring substituents is 1. The van der Waals surface area contributed by atoms with Gasteiger partial charge in [-0.3, -0.25) is 19.5 Å².